The van der Waals surface area contributed by atoms with E-state index in [1.165, 1.54) is 6.08 Å². The van der Waals surface area contributed by atoms with Gasteiger partial charge >= 0.3 is 12.1 Å². The molecule has 0 spiro atoms. The molecule has 0 bridgehead atoms. The van der Waals surface area contributed by atoms with Crippen LogP contribution >= 0.6 is 11.6 Å². The van der Waals surface area contributed by atoms with E-state index in [0.29, 0.717) is 44.2 Å². The van der Waals surface area contributed by atoms with Crippen molar-refractivity contribution in [2.24, 2.45) is 0 Å². The molecule has 2 rings (SSSR count). The first kappa shape index (κ1) is 21.3. The van der Waals surface area contributed by atoms with Crippen LogP contribution in [0.1, 0.15) is 45.1 Å². The summed E-state index contributed by atoms with van der Waals surface area (Å²) in [5.41, 5.74) is 0.673. The van der Waals surface area contributed by atoms with Crippen LogP contribution in [0.15, 0.2) is 36.4 Å². The SMILES string of the molecule is CCCCOC(=O)N1CCC(C=CC(=O)OCC)(c2cccc(Cl)c2)CC1. The normalized spacial score (nSPS) is 16.3. The molecule has 0 atom stereocenters. The molecular weight excluding hydrogens is 366 g/mol. The fraction of sp³-hybridized carbons (Fsp3) is 0.524. The first-order chi connectivity index (χ1) is 13.0. The van der Waals surface area contributed by atoms with Gasteiger partial charge in [0, 0.05) is 29.6 Å². The van der Waals surface area contributed by atoms with Crippen molar-refractivity contribution < 1.29 is 19.1 Å². The van der Waals surface area contributed by atoms with Gasteiger partial charge in [-0.2, -0.15) is 0 Å². The van der Waals surface area contributed by atoms with Crippen molar-refractivity contribution in [1.29, 1.82) is 0 Å². The van der Waals surface area contributed by atoms with Crippen LogP contribution in [0.4, 0.5) is 4.79 Å². The predicted molar refractivity (Wildman–Crippen MR) is 106 cm³/mol. The molecule has 1 fully saturated rings. The van der Waals surface area contributed by atoms with Crippen LogP contribution in [-0.4, -0.2) is 43.3 Å². The predicted octanol–water partition coefficient (Wildman–Crippen LogP) is 4.73. The van der Waals surface area contributed by atoms with Crippen LogP contribution in [0.2, 0.25) is 5.02 Å². The number of allylic oxidation sites excluding steroid dienone is 1. The van der Waals surface area contributed by atoms with Crippen LogP contribution in [0.5, 0.6) is 0 Å². The van der Waals surface area contributed by atoms with Gasteiger partial charge in [-0.3, -0.25) is 0 Å². The largest absolute Gasteiger partial charge is 0.463 e. The van der Waals surface area contributed by atoms with Crippen LogP contribution in [0.3, 0.4) is 0 Å². The first-order valence-corrected chi connectivity index (χ1v) is 9.92. The molecule has 0 radical (unpaired) electrons. The Balaban J connectivity index is 2.14. The summed E-state index contributed by atoms with van der Waals surface area (Å²) in [5, 5.41) is 0.651. The molecule has 1 aliphatic rings. The van der Waals surface area contributed by atoms with Crippen LogP contribution in [-0.2, 0) is 19.7 Å². The average Bonchev–Trinajstić information content (AvgIpc) is 2.67. The molecule has 1 amide bonds. The van der Waals surface area contributed by atoms with Crippen LogP contribution in [0, 0.1) is 0 Å². The molecule has 0 aliphatic carbocycles. The summed E-state index contributed by atoms with van der Waals surface area (Å²) in [6, 6.07) is 7.67. The smallest absolute Gasteiger partial charge is 0.409 e. The van der Waals surface area contributed by atoms with Crippen molar-refractivity contribution in [3.63, 3.8) is 0 Å². The average molecular weight is 394 g/mol. The lowest BCUT2D eigenvalue weighted by atomic mass is 9.72. The summed E-state index contributed by atoms with van der Waals surface area (Å²) in [6.45, 7) is 5.75. The fourth-order valence-electron chi connectivity index (χ4n) is 3.25. The Labute approximate surface area is 166 Å². The quantitative estimate of drug-likeness (QED) is 0.381. The molecule has 1 saturated heterocycles. The topological polar surface area (TPSA) is 55.8 Å². The number of ether oxygens (including phenoxy) is 2. The maximum atomic E-state index is 12.2. The first-order valence-electron chi connectivity index (χ1n) is 9.54. The van der Waals surface area contributed by atoms with Crippen LogP contribution < -0.4 is 0 Å². The number of rotatable bonds is 7. The van der Waals surface area contributed by atoms with Crippen molar-refractivity contribution in [2.45, 2.75) is 44.9 Å². The van der Waals surface area contributed by atoms with Gasteiger partial charge in [0.05, 0.1) is 13.2 Å². The molecule has 1 aliphatic heterocycles. The third-order valence-corrected chi connectivity index (χ3v) is 5.10. The molecule has 6 heteroatoms. The molecule has 148 valence electrons. The summed E-state index contributed by atoms with van der Waals surface area (Å²) >= 11 is 6.19. The number of unbranched alkanes of at least 4 members (excludes halogenated alkanes) is 1. The summed E-state index contributed by atoms with van der Waals surface area (Å²) in [5.74, 6) is -0.361. The van der Waals surface area contributed by atoms with E-state index in [1.807, 2.05) is 30.3 Å². The summed E-state index contributed by atoms with van der Waals surface area (Å²) in [7, 11) is 0. The highest BCUT2D eigenvalue weighted by Crippen LogP contribution is 2.38. The number of piperidine rings is 1. The Morgan fingerprint density at radius 2 is 1.96 bits per heavy atom. The van der Waals surface area contributed by atoms with Crippen molar-refractivity contribution in [3.8, 4) is 0 Å². The Bertz CT molecular complexity index is 666. The standard InChI is InChI=1S/C21H28ClNO4/c1-3-5-15-27-20(25)23-13-11-21(12-14-23,10-9-19(24)26-4-2)17-7-6-8-18(22)16-17/h6-10,16H,3-5,11-15H2,1-2H3. The lowest BCUT2D eigenvalue weighted by Gasteiger charge is -2.40. The van der Waals surface area contributed by atoms with Gasteiger partial charge in [0.2, 0.25) is 0 Å². The zero-order valence-corrected chi connectivity index (χ0v) is 16.8. The van der Waals surface area contributed by atoms with Gasteiger partial charge in [-0.15, -0.1) is 0 Å². The van der Waals surface area contributed by atoms with E-state index in [9.17, 15) is 9.59 Å². The second-order valence-corrected chi connectivity index (χ2v) is 7.14. The van der Waals surface area contributed by atoms with Crippen molar-refractivity contribution in [1.82, 2.24) is 4.90 Å². The number of carbonyl (C=O) groups excluding carboxylic acids is 2. The van der Waals surface area contributed by atoms with E-state index in [4.69, 9.17) is 21.1 Å². The zero-order valence-electron chi connectivity index (χ0n) is 16.1. The monoisotopic (exact) mass is 393 g/mol. The molecule has 1 heterocycles. The van der Waals surface area contributed by atoms with Gasteiger partial charge < -0.3 is 14.4 Å². The number of carbonyl (C=O) groups is 2. The Morgan fingerprint density at radius 3 is 2.59 bits per heavy atom. The Kier molecular flexibility index (Phi) is 8.17. The number of amides is 1. The highest BCUT2D eigenvalue weighted by atomic mass is 35.5. The molecule has 1 aromatic rings. The Morgan fingerprint density at radius 1 is 1.22 bits per heavy atom. The van der Waals surface area contributed by atoms with Crippen LogP contribution in [0.25, 0.3) is 0 Å². The zero-order chi connectivity index (χ0) is 19.7. The summed E-state index contributed by atoms with van der Waals surface area (Å²) < 4.78 is 10.3. The highest BCUT2D eigenvalue weighted by Gasteiger charge is 2.36. The minimum absolute atomic E-state index is 0.266. The maximum absolute atomic E-state index is 12.2. The number of benzene rings is 1. The molecule has 0 saturated carbocycles. The van der Waals surface area contributed by atoms with Crippen molar-refractivity contribution >= 4 is 23.7 Å². The number of likely N-dealkylation sites (tertiary alicyclic amines) is 1. The van der Waals surface area contributed by atoms with E-state index in [-0.39, 0.29) is 17.5 Å². The fourth-order valence-corrected chi connectivity index (χ4v) is 3.44. The van der Waals surface area contributed by atoms with Gasteiger partial charge in [-0.1, -0.05) is 43.2 Å². The molecule has 5 nitrogen and oxygen atoms in total. The van der Waals surface area contributed by atoms with E-state index in [2.05, 4.69) is 6.92 Å². The van der Waals surface area contributed by atoms with Gasteiger partial charge in [-0.05, 0) is 43.9 Å². The number of halogens is 1. The van der Waals surface area contributed by atoms with E-state index < -0.39 is 0 Å². The molecule has 0 unspecified atom stereocenters. The number of hydrogen-bond acceptors (Lipinski definition) is 4. The Hall–Kier alpha value is -2.01. The van der Waals surface area contributed by atoms with Gasteiger partial charge in [0.25, 0.3) is 0 Å². The minimum Gasteiger partial charge on any atom is -0.463 e. The second-order valence-electron chi connectivity index (χ2n) is 6.71. The molecule has 0 aromatic heterocycles. The highest BCUT2D eigenvalue weighted by molar-refractivity contribution is 6.30. The maximum Gasteiger partial charge on any atom is 0.409 e. The van der Waals surface area contributed by atoms with E-state index in [1.54, 1.807) is 11.8 Å². The summed E-state index contributed by atoms with van der Waals surface area (Å²) in [6.07, 6.45) is 6.35. The van der Waals surface area contributed by atoms with Gasteiger partial charge in [-0.25, -0.2) is 9.59 Å². The molecule has 27 heavy (non-hydrogen) atoms. The summed E-state index contributed by atoms with van der Waals surface area (Å²) in [4.78, 5) is 25.8. The van der Waals surface area contributed by atoms with Gasteiger partial charge in [0.1, 0.15) is 0 Å². The third-order valence-electron chi connectivity index (χ3n) is 4.86. The van der Waals surface area contributed by atoms with Gasteiger partial charge in [0.15, 0.2) is 0 Å². The number of esters is 1. The lowest BCUT2D eigenvalue weighted by molar-refractivity contribution is -0.137. The van der Waals surface area contributed by atoms with E-state index in [0.717, 1.165) is 18.4 Å². The van der Waals surface area contributed by atoms with E-state index >= 15 is 0 Å². The number of hydrogen-bond donors (Lipinski definition) is 0. The van der Waals surface area contributed by atoms with Crippen molar-refractivity contribution in [2.75, 3.05) is 26.3 Å². The van der Waals surface area contributed by atoms with Crippen molar-refractivity contribution in [3.05, 3.63) is 47.0 Å². The number of nitrogens with zero attached hydrogens (tertiary/aromatic N) is 1. The molecular formula is C21H28ClNO4. The third kappa shape index (κ3) is 5.99. The molecule has 0 N–H and O–H groups in total. The lowest BCUT2D eigenvalue weighted by Crippen LogP contribution is -2.44. The molecule has 1 aromatic carbocycles. The second kappa shape index (κ2) is 10.4. The minimum atomic E-state index is -0.363.